The summed E-state index contributed by atoms with van der Waals surface area (Å²) in [5.74, 6) is 0.806. The van der Waals surface area contributed by atoms with E-state index in [1.54, 1.807) is 25.4 Å². The molecule has 156 valence electrons. The first-order chi connectivity index (χ1) is 14.0. The summed E-state index contributed by atoms with van der Waals surface area (Å²) in [6.45, 7) is 5.66. The molecule has 2 aromatic rings. The Kier molecular flexibility index (Phi) is 5.99. The highest BCUT2D eigenvalue weighted by Crippen LogP contribution is 2.34. The Hall–Kier alpha value is -2.21. The van der Waals surface area contributed by atoms with Gasteiger partial charge in [0.15, 0.2) is 11.6 Å². The number of hydrogen-bond acceptors (Lipinski definition) is 5. The van der Waals surface area contributed by atoms with Crippen LogP contribution in [0.15, 0.2) is 30.5 Å². The Morgan fingerprint density at radius 1 is 1.14 bits per heavy atom. The Labute approximate surface area is 176 Å². The summed E-state index contributed by atoms with van der Waals surface area (Å²) in [5, 5.41) is 0.598. The maximum Gasteiger partial charge on any atom is 0.215 e. The van der Waals surface area contributed by atoms with Crippen LogP contribution < -0.4 is 19.3 Å². The predicted octanol–water partition coefficient (Wildman–Crippen LogP) is 4.78. The highest BCUT2D eigenvalue weighted by atomic mass is 35.5. The van der Waals surface area contributed by atoms with Crippen LogP contribution in [0.2, 0.25) is 5.02 Å². The fourth-order valence-electron chi connectivity index (χ4n) is 4.20. The van der Waals surface area contributed by atoms with Gasteiger partial charge in [0.2, 0.25) is 5.88 Å². The van der Waals surface area contributed by atoms with Gasteiger partial charge in [-0.2, -0.15) is 0 Å². The minimum atomic E-state index is -0.286. The molecule has 0 aliphatic carbocycles. The second-order valence-corrected chi connectivity index (χ2v) is 8.26. The van der Waals surface area contributed by atoms with Gasteiger partial charge in [0.25, 0.3) is 0 Å². The van der Waals surface area contributed by atoms with E-state index in [0.717, 1.165) is 44.0 Å². The van der Waals surface area contributed by atoms with Crippen LogP contribution in [0.5, 0.6) is 11.6 Å². The van der Waals surface area contributed by atoms with Crippen molar-refractivity contribution < 1.29 is 13.9 Å². The van der Waals surface area contributed by atoms with Crippen molar-refractivity contribution in [3.63, 3.8) is 0 Å². The van der Waals surface area contributed by atoms with Crippen LogP contribution >= 0.6 is 11.6 Å². The van der Waals surface area contributed by atoms with Crippen LogP contribution in [0.1, 0.15) is 26.2 Å². The van der Waals surface area contributed by atoms with E-state index in [-0.39, 0.29) is 17.8 Å². The van der Waals surface area contributed by atoms with E-state index in [0.29, 0.717) is 16.7 Å². The van der Waals surface area contributed by atoms with E-state index in [9.17, 15) is 4.39 Å². The fourth-order valence-corrected chi connectivity index (χ4v) is 4.42. The predicted molar refractivity (Wildman–Crippen MR) is 114 cm³/mol. The third kappa shape index (κ3) is 4.37. The monoisotopic (exact) mass is 419 g/mol. The average molecular weight is 420 g/mol. The van der Waals surface area contributed by atoms with Crippen molar-refractivity contribution in [3.05, 3.63) is 41.3 Å². The molecule has 1 aromatic heterocycles. The van der Waals surface area contributed by atoms with E-state index in [4.69, 9.17) is 21.1 Å². The molecule has 0 amide bonds. The molecule has 0 saturated carbocycles. The molecule has 0 N–H and O–H groups in total. The normalized spacial score (nSPS) is 22.1. The van der Waals surface area contributed by atoms with Gasteiger partial charge in [0.1, 0.15) is 6.10 Å². The topological polar surface area (TPSA) is 37.8 Å². The minimum absolute atomic E-state index is 0.0408. The van der Waals surface area contributed by atoms with E-state index < -0.39 is 0 Å². The number of methoxy groups -OCH3 is 1. The second-order valence-electron chi connectivity index (χ2n) is 7.86. The van der Waals surface area contributed by atoms with Gasteiger partial charge in [0.05, 0.1) is 24.0 Å². The number of nitrogens with zero attached hydrogens (tertiary/aromatic N) is 3. The summed E-state index contributed by atoms with van der Waals surface area (Å²) in [7, 11) is 1.59. The van der Waals surface area contributed by atoms with E-state index in [1.807, 2.05) is 12.1 Å². The number of halogens is 2. The van der Waals surface area contributed by atoms with Crippen molar-refractivity contribution in [1.82, 2.24) is 4.98 Å². The standard InChI is InChI=1S/C22H27ClFN3O2/c1-15-14-27(19-12-22(28-2)25-13-17(19)23)10-7-20(15)29-21-6-5-16(11-18(21)24)26-8-3-4-9-26/h5-6,11-13,15,20H,3-4,7-10,14H2,1-2H3. The molecular weight excluding hydrogens is 393 g/mol. The van der Waals surface area contributed by atoms with E-state index in [2.05, 4.69) is 21.7 Å². The summed E-state index contributed by atoms with van der Waals surface area (Å²) in [4.78, 5) is 8.57. The number of ether oxygens (including phenoxy) is 2. The Morgan fingerprint density at radius 3 is 2.62 bits per heavy atom. The van der Waals surface area contributed by atoms with Gasteiger partial charge in [-0.25, -0.2) is 9.37 Å². The lowest BCUT2D eigenvalue weighted by Crippen LogP contribution is -2.44. The lowest BCUT2D eigenvalue weighted by molar-refractivity contribution is 0.116. The number of piperidine rings is 1. The molecule has 7 heteroatoms. The third-order valence-electron chi connectivity index (χ3n) is 5.85. The molecule has 3 heterocycles. The number of rotatable bonds is 5. The lowest BCUT2D eigenvalue weighted by Gasteiger charge is -2.38. The lowest BCUT2D eigenvalue weighted by atomic mass is 9.96. The maximum absolute atomic E-state index is 14.7. The van der Waals surface area contributed by atoms with Gasteiger partial charge in [-0.3, -0.25) is 0 Å². The first-order valence-corrected chi connectivity index (χ1v) is 10.6. The molecule has 2 unspecified atom stereocenters. The van der Waals surface area contributed by atoms with Crippen molar-refractivity contribution >= 4 is 23.0 Å². The maximum atomic E-state index is 14.7. The molecule has 2 aliphatic rings. The van der Waals surface area contributed by atoms with Crippen LogP contribution in [0.4, 0.5) is 15.8 Å². The van der Waals surface area contributed by atoms with Crippen LogP contribution in [-0.2, 0) is 0 Å². The van der Waals surface area contributed by atoms with Crippen LogP contribution in [0.25, 0.3) is 0 Å². The molecule has 1 aromatic carbocycles. The molecule has 0 spiro atoms. The molecule has 5 nitrogen and oxygen atoms in total. The minimum Gasteiger partial charge on any atom is -0.487 e. The highest BCUT2D eigenvalue weighted by molar-refractivity contribution is 6.33. The number of aromatic nitrogens is 1. The molecule has 29 heavy (non-hydrogen) atoms. The van der Waals surface area contributed by atoms with Crippen molar-refractivity contribution in [2.45, 2.75) is 32.3 Å². The molecule has 2 atom stereocenters. The smallest absolute Gasteiger partial charge is 0.215 e. The first kappa shape index (κ1) is 20.1. The number of benzene rings is 1. The molecular formula is C22H27ClFN3O2. The molecule has 0 bridgehead atoms. The van der Waals surface area contributed by atoms with Gasteiger partial charge in [-0.05, 0) is 25.0 Å². The van der Waals surface area contributed by atoms with Crippen LogP contribution in [-0.4, -0.2) is 44.4 Å². The molecule has 2 saturated heterocycles. The second kappa shape index (κ2) is 8.66. The van der Waals surface area contributed by atoms with Crippen molar-refractivity contribution in [1.29, 1.82) is 0 Å². The van der Waals surface area contributed by atoms with Gasteiger partial charge in [0, 0.05) is 56.3 Å². The summed E-state index contributed by atoms with van der Waals surface area (Å²) >= 11 is 6.35. The fraction of sp³-hybridized carbons (Fsp3) is 0.500. The zero-order valence-corrected chi connectivity index (χ0v) is 17.7. The number of pyridine rings is 1. The Morgan fingerprint density at radius 2 is 1.93 bits per heavy atom. The molecule has 2 aliphatic heterocycles. The van der Waals surface area contributed by atoms with E-state index in [1.165, 1.54) is 12.8 Å². The Bertz CT molecular complexity index is 860. The number of hydrogen-bond donors (Lipinski definition) is 0. The highest BCUT2D eigenvalue weighted by Gasteiger charge is 2.29. The SMILES string of the molecule is COc1cc(N2CCC(Oc3ccc(N4CCCC4)cc3F)C(C)C2)c(Cl)cn1. The van der Waals surface area contributed by atoms with Gasteiger partial charge < -0.3 is 19.3 Å². The summed E-state index contributed by atoms with van der Waals surface area (Å²) in [6.07, 6.45) is 4.70. The Balaban J connectivity index is 1.42. The van der Waals surface area contributed by atoms with Gasteiger partial charge in [-0.15, -0.1) is 0 Å². The largest absolute Gasteiger partial charge is 0.487 e. The molecule has 4 rings (SSSR count). The third-order valence-corrected chi connectivity index (χ3v) is 6.14. The van der Waals surface area contributed by atoms with Gasteiger partial charge in [-0.1, -0.05) is 18.5 Å². The summed E-state index contributed by atoms with van der Waals surface area (Å²) < 4.78 is 26.0. The zero-order valence-electron chi connectivity index (χ0n) is 16.9. The average Bonchev–Trinajstić information content (AvgIpc) is 3.26. The molecule has 0 radical (unpaired) electrons. The van der Waals surface area contributed by atoms with Crippen molar-refractivity contribution in [2.24, 2.45) is 5.92 Å². The van der Waals surface area contributed by atoms with Crippen LogP contribution in [0, 0.1) is 11.7 Å². The van der Waals surface area contributed by atoms with Crippen molar-refractivity contribution in [3.8, 4) is 11.6 Å². The summed E-state index contributed by atoms with van der Waals surface area (Å²) in [5.41, 5.74) is 1.85. The quantitative estimate of drug-likeness (QED) is 0.697. The van der Waals surface area contributed by atoms with Gasteiger partial charge >= 0.3 is 0 Å². The van der Waals surface area contributed by atoms with Crippen LogP contribution in [0.3, 0.4) is 0 Å². The summed E-state index contributed by atoms with van der Waals surface area (Å²) in [6, 6.07) is 7.19. The molecule has 2 fully saturated rings. The first-order valence-electron chi connectivity index (χ1n) is 10.2. The number of anilines is 2. The van der Waals surface area contributed by atoms with E-state index >= 15 is 0 Å². The van der Waals surface area contributed by atoms with Crippen molar-refractivity contribution in [2.75, 3.05) is 43.1 Å². The zero-order chi connectivity index (χ0) is 20.4.